The normalized spacial score (nSPS) is 27.3. The molecule has 0 N–H and O–H groups in total. The molecule has 0 radical (unpaired) electrons. The SMILES string of the molecule is O=C(C1c2ccccc2C(=O)N(C2CCCC2)C12CCCCC2)N1CCOCC1. The number of ether oxygens (including phenoxy) is 1. The quantitative estimate of drug-likeness (QED) is 0.765. The molecule has 0 aromatic heterocycles. The molecule has 3 fully saturated rings. The van der Waals surface area contributed by atoms with Crippen LogP contribution < -0.4 is 0 Å². The van der Waals surface area contributed by atoms with E-state index in [9.17, 15) is 9.59 Å². The van der Waals surface area contributed by atoms with Crippen molar-refractivity contribution in [1.29, 1.82) is 0 Å². The van der Waals surface area contributed by atoms with Crippen molar-refractivity contribution in [2.24, 2.45) is 0 Å². The Bertz CT molecular complexity index is 774. The number of hydrogen-bond acceptors (Lipinski definition) is 3. The first kappa shape index (κ1) is 19.1. The number of rotatable bonds is 2. The smallest absolute Gasteiger partial charge is 0.254 e. The lowest BCUT2D eigenvalue weighted by Crippen LogP contribution is -2.65. The minimum Gasteiger partial charge on any atom is -0.378 e. The van der Waals surface area contributed by atoms with Gasteiger partial charge in [0.2, 0.25) is 5.91 Å². The van der Waals surface area contributed by atoms with Crippen LogP contribution in [0.3, 0.4) is 0 Å². The van der Waals surface area contributed by atoms with E-state index in [1.165, 1.54) is 19.3 Å². The monoisotopic (exact) mass is 396 g/mol. The van der Waals surface area contributed by atoms with Gasteiger partial charge in [-0.2, -0.15) is 0 Å². The van der Waals surface area contributed by atoms with Crippen molar-refractivity contribution in [1.82, 2.24) is 9.80 Å². The van der Waals surface area contributed by atoms with Crippen LogP contribution in [0.4, 0.5) is 0 Å². The van der Waals surface area contributed by atoms with Crippen LogP contribution in [0.5, 0.6) is 0 Å². The number of fused-ring (bicyclic) bond motifs is 1. The van der Waals surface area contributed by atoms with Gasteiger partial charge in [-0.15, -0.1) is 0 Å². The first-order valence-electron chi connectivity index (χ1n) is 11.5. The van der Waals surface area contributed by atoms with Gasteiger partial charge < -0.3 is 14.5 Å². The average molecular weight is 397 g/mol. The maximum absolute atomic E-state index is 14.0. The van der Waals surface area contributed by atoms with E-state index in [0.29, 0.717) is 26.3 Å². The summed E-state index contributed by atoms with van der Waals surface area (Å²) in [5.41, 5.74) is 1.36. The first-order valence-corrected chi connectivity index (χ1v) is 11.5. The number of hydrogen-bond donors (Lipinski definition) is 0. The Kier molecular flexibility index (Phi) is 5.10. The van der Waals surface area contributed by atoms with Crippen LogP contribution >= 0.6 is 0 Å². The zero-order valence-electron chi connectivity index (χ0n) is 17.3. The molecule has 1 atom stereocenters. The number of carbonyl (C=O) groups is 2. The summed E-state index contributed by atoms with van der Waals surface area (Å²) >= 11 is 0. The molecule has 4 aliphatic rings. The topological polar surface area (TPSA) is 49.9 Å². The van der Waals surface area contributed by atoms with E-state index >= 15 is 0 Å². The average Bonchev–Trinajstić information content (AvgIpc) is 3.29. The number of nitrogens with zero attached hydrogens (tertiary/aromatic N) is 2. The minimum atomic E-state index is -0.353. The Morgan fingerprint density at radius 3 is 2.38 bits per heavy atom. The van der Waals surface area contributed by atoms with Crippen LogP contribution in [0, 0.1) is 0 Å². The molecule has 2 heterocycles. The van der Waals surface area contributed by atoms with Crippen molar-refractivity contribution in [3.05, 3.63) is 35.4 Å². The summed E-state index contributed by atoms with van der Waals surface area (Å²) in [6.45, 7) is 2.53. The molecule has 5 heteroatoms. The molecule has 2 amide bonds. The highest BCUT2D eigenvalue weighted by molar-refractivity contribution is 6.02. The van der Waals surface area contributed by atoms with E-state index in [2.05, 4.69) is 4.90 Å². The van der Waals surface area contributed by atoms with Crippen LogP contribution in [0.2, 0.25) is 0 Å². The largest absolute Gasteiger partial charge is 0.378 e. The molecular formula is C24H32N2O3. The molecule has 1 saturated heterocycles. The maximum atomic E-state index is 14.0. The maximum Gasteiger partial charge on any atom is 0.254 e. The predicted octanol–water partition coefficient (Wildman–Crippen LogP) is 3.73. The highest BCUT2D eigenvalue weighted by Crippen LogP contribution is 2.52. The van der Waals surface area contributed by atoms with Crippen molar-refractivity contribution in [2.45, 2.75) is 75.3 Å². The van der Waals surface area contributed by atoms with Crippen molar-refractivity contribution in [3.8, 4) is 0 Å². The van der Waals surface area contributed by atoms with E-state index in [0.717, 1.165) is 49.7 Å². The number of carbonyl (C=O) groups excluding carboxylic acids is 2. The summed E-state index contributed by atoms with van der Waals surface area (Å²) in [5, 5.41) is 0. The fourth-order valence-corrected chi connectivity index (χ4v) is 6.42. The van der Waals surface area contributed by atoms with E-state index in [-0.39, 0.29) is 29.3 Å². The van der Waals surface area contributed by atoms with Gasteiger partial charge in [0, 0.05) is 24.7 Å². The van der Waals surface area contributed by atoms with Gasteiger partial charge in [-0.3, -0.25) is 9.59 Å². The van der Waals surface area contributed by atoms with E-state index in [4.69, 9.17) is 4.74 Å². The van der Waals surface area contributed by atoms with E-state index in [1.54, 1.807) is 0 Å². The number of morpholine rings is 1. The fraction of sp³-hybridized carbons (Fsp3) is 0.667. The molecular weight excluding hydrogens is 364 g/mol. The summed E-state index contributed by atoms with van der Waals surface area (Å²) < 4.78 is 5.50. The third-order valence-electron chi connectivity index (χ3n) is 7.72. The zero-order valence-corrected chi connectivity index (χ0v) is 17.3. The number of benzene rings is 1. The van der Waals surface area contributed by atoms with Crippen molar-refractivity contribution in [3.63, 3.8) is 0 Å². The molecule has 2 aliphatic heterocycles. The minimum absolute atomic E-state index is 0.167. The Morgan fingerprint density at radius 1 is 0.966 bits per heavy atom. The van der Waals surface area contributed by atoms with Crippen molar-refractivity contribution >= 4 is 11.8 Å². The van der Waals surface area contributed by atoms with Gasteiger partial charge in [0.05, 0.1) is 24.7 Å². The fourth-order valence-electron chi connectivity index (χ4n) is 6.42. The van der Waals surface area contributed by atoms with Gasteiger partial charge >= 0.3 is 0 Å². The predicted molar refractivity (Wildman–Crippen MR) is 111 cm³/mol. The van der Waals surface area contributed by atoms with Gasteiger partial charge in [0.25, 0.3) is 5.91 Å². The lowest BCUT2D eigenvalue weighted by atomic mass is 9.64. The molecule has 156 valence electrons. The molecule has 5 rings (SSSR count). The second-order valence-corrected chi connectivity index (χ2v) is 9.24. The molecule has 1 unspecified atom stereocenters. The second-order valence-electron chi connectivity index (χ2n) is 9.24. The Morgan fingerprint density at radius 2 is 1.66 bits per heavy atom. The molecule has 1 spiro atoms. The van der Waals surface area contributed by atoms with E-state index < -0.39 is 0 Å². The van der Waals surface area contributed by atoms with Gasteiger partial charge in [0.15, 0.2) is 0 Å². The third kappa shape index (κ3) is 3.09. The van der Waals surface area contributed by atoms with Crippen LogP contribution in [0.1, 0.15) is 79.6 Å². The Hall–Kier alpha value is -1.88. The van der Waals surface area contributed by atoms with E-state index in [1.807, 2.05) is 29.2 Å². The standard InChI is InChI=1S/C24H32N2O3/c27-22-20-11-5-4-10-19(20)21(23(28)25-14-16-29-17-15-25)24(12-6-1-7-13-24)26(22)18-8-2-3-9-18/h4-5,10-11,18,21H,1-3,6-9,12-17H2. The van der Waals surface area contributed by atoms with Crippen LogP contribution in [0.15, 0.2) is 24.3 Å². The van der Waals surface area contributed by atoms with Crippen molar-refractivity contribution < 1.29 is 14.3 Å². The molecule has 1 aromatic carbocycles. The Labute approximate surface area is 173 Å². The zero-order chi connectivity index (χ0) is 19.8. The van der Waals surface area contributed by atoms with Gasteiger partial charge in [-0.25, -0.2) is 0 Å². The third-order valence-corrected chi connectivity index (χ3v) is 7.72. The van der Waals surface area contributed by atoms with Crippen LogP contribution in [0.25, 0.3) is 0 Å². The van der Waals surface area contributed by atoms with Crippen LogP contribution in [-0.4, -0.2) is 59.5 Å². The summed E-state index contributed by atoms with van der Waals surface area (Å²) in [6.07, 6.45) is 9.84. The molecule has 2 saturated carbocycles. The molecule has 2 aliphatic carbocycles. The van der Waals surface area contributed by atoms with Crippen molar-refractivity contribution in [2.75, 3.05) is 26.3 Å². The van der Waals surface area contributed by atoms with Crippen LogP contribution in [-0.2, 0) is 9.53 Å². The van der Waals surface area contributed by atoms with Gasteiger partial charge in [0.1, 0.15) is 0 Å². The lowest BCUT2D eigenvalue weighted by Gasteiger charge is -2.56. The molecule has 29 heavy (non-hydrogen) atoms. The van der Waals surface area contributed by atoms with Gasteiger partial charge in [-0.05, 0) is 37.3 Å². The summed E-state index contributed by atoms with van der Waals surface area (Å²) in [6, 6.07) is 8.20. The highest BCUT2D eigenvalue weighted by Gasteiger charge is 2.57. The highest BCUT2D eigenvalue weighted by atomic mass is 16.5. The number of amides is 2. The molecule has 5 nitrogen and oxygen atoms in total. The summed E-state index contributed by atoms with van der Waals surface area (Å²) in [4.78, 5) is 32.0. The second kappa shape index (κ2) is 7.75. The summed E-state index contributed by atoms with van der Waals surface area (Å²) in [7, 11) is 0. The summed E-state index contributed by atoms with van der Waals surface area (Å²) in [5.74, 6) is 0.133. The first-order chi connectivity index (χ1) is 14.2. The lowest BCUT2D eigenvalue weighted by molar-refractivity contribution is -0.142. The van der Waals surface area contributed by atoms with Gasteiger partial charge in [-0.1, -0.05) is 50.3 Å². The molecule has 1 aromatic rings. The molecule has 0 bridgehead atoms. The Balaban J connectivity index is 1.64.